The summed E-state index contributed by atoms with van der Waals surface area (Å²) in [6.07, 6.45) is 3.25. The Morgan fingerprint density at radius 2 is 1.65 bits per heavy atom. The summed E-state index contributed by atoms with van der Waals surface area (Å²) in [7, 11) is 0. The van der Waals surface area contributed by atoms with Crippen molar-refractivity contribution >= 4 is 28.9 Å². The maximum absolute atomic E-state index is 13.3. The number of amides is 1. The number of ether oxygens (including phenoxy) is 2. The van der Waals surface area contributed by atoms with E-state index in [1.807, 2.05) is 41.9 Å². The highest BCUT2D eigenvalue weighted by molar-refractivity contribution is 6.04. The summed E-state index contributed by atoms with van der Waals surface area (Å²) in [6, 6.07) is 13.4. The Morgan fingerprint density at radius 3 is 2.40 bits per heavy atom. The lowest BCUT2D eigenvalue weighted by Gasteiger charge is -2.26. The highest BCUT2D eigenvalue weighted by atomic mass is 16.5. The number of nitrogens with zero attached hydrogens (tertiary/aromatic N) is 7. The molecule has 3 N–H and O–H groups in total. The number of hydrogen-bond donors (Lipinski definition) is 3. The molecule has 0 saturated carbocycles. The van der Waals surface area contributed by atoms with Crippen LogP contribution in [0.5, 0.6) is 0 Å². The highest BCUT2D eigenvalue weighted by Crippen LogP contribution is 2.28. The van der Waals surface area contributed by atoms with Crippen LogP contribution in [0.2, 0.25) is 0 Å². The summed E-state index contributed by atoms with van der Waals surface area (Å²) in [5.74, 6) is 1.94. The predicted octanol–water partition coefficient (Wildman–Crippen LogP) is 4.24. The van der Waals surface area contributed by atoms with Crippen LogP contribution in [0.25, 0.3) is 5.82 Å². The van der Waals surface area contributed by atoms with E-state index in [0.717, 1.165) is 86.8 Å². The first-order chi connectivity index (χ1) is 23.2. The van der Waals surface area contributed by atoms with Crippen molar-refractivity contribution in [1.29, 1.82) is 0 Å². The van der Waals surface area contributed by atoms with Crippen LogP contribution in [0, 0.1) is 6.92 Å². The van der Waals surface area contributed by atoms with E-state index in [-0.39, 0.29) is 11.3 Å². The second kappa shape index (κ2) is 15.2. The predicted molar refractivity (Wildman–Crippen MR) is 186 cm³/mol. The lowest BCUT2D eigenvalue weighted by atomic mass is 9.91. The van der Waals surface area contributed by atoms with Crippen LogP contribution in [0.4, 0.5) is 23.0 Å². The van der Waals surface area contributed by atoms with Gasteiger partial charge in [-0.25, -0.2) is 9.97 Å². The van der Waals surface area contributed by atoms with Gasteiger partial charge in [-0.3, -0.25) is 19.6 Å². The van der Waals surface area contributed by atoms with Crippen LogP contribution in [0.3, 0.4) is 0 Å². The largest absolute Gasteiger partial charge is 0.379 e. The molecule has 254 valence electrons. The van der Waals surface area contributed by atoms with Gasteiger partial charge in [0.1, 0.15) is 18.0 Å². The van der Waals surface area contributed by atoms with Gasteiger partial charge in [-0.15, -0.1) is 0 Å². The van der Waals surface area contributed by atoms with Gasteiger partial charge < -0.3 is 25.4 Å². The molecule has 0 atom stereocenters. The van der Waals surface area contributed by atoms with Gasteiger partial charge >= 0.3 is 0 Å². The number of aromatic nitrogens is 5. The Bertz CT molecular complexity index is 1690. The van der Waals surface area contributed by atoms with E-state index < -0.39 is 0 Å². The average molecular weight is 655 g/mol. The van der Waals surface area contributed by atoms with Gasteiger partial charge in [0.25, 0.3) is 5.91 Å². The topological polar surface area (TPSA) is 135 Å². The molecular formula is C35H46N10O3. The van der Waals surface area contributed by atoms with Crippen molar-refractivity contribution in [3.63, 3.8) is 0 Å². The van der Waals surface area contributed by atoms with Crippen LogP contribution in [0.15, 0.2) is 55.0 Å². The van der Waals surface area contributed by atoms with Gasteiger partial charge in [0.15, 0.2) is 5.82 Å². The number of nitrogens with one attached hydrogen (secondary N) is 3. The number of benzene rings is 1. The number of hydrogen-bond acceptors (Lipinski definition) is 11. The molecule has 0 spiro atoms. The minimum atomic E-state index is -0.190. The molecule has 1 aromatic carbocycles. The van der Waals surface area contributed by atoms with E-state index >= 15 is 0 Å². The second-order valence-electron chi connectivity index (χ2n) is 13.3. The number of aryl methyl sites for hydroxylation is 1. The summed E-state index contributed by atoms with van der Waals surface area (Å²) in [6.45, 7) is 17.2. The number of rotatable bonds is 11. The van der Waals surface area contributed by atoms with Gasteiger partial charge in [0.2, 0.25) is 0 Å². The number of anilines is 4. The standard InChI is InChI=1S/C35H46N10O3/c1-25-5-6-27(40-34(46)26-7-8-36-30(19-26)35(2,3)4)20-29(25)41-33-21-28(23-44-13-17-48-18-14-44)42-45(33)32-22-31(38-24-39-32)37-9-10-43-11-15-47-16-12-43/h5-8,19-22,24,41H,9-18,23H2,1-4H3,(H,40,46)(H,37,38,39). The van der Waals surface area contributed by atoms with Crippen LogP contribution in [-0.4, -0.2) is 106 Å². The Hall–Kier alpha value is -4.43. The van der Waals surface area contributed by atoms with Crippen molar-refractivity contribution in [2.24, 2.45) is 0 Å². The molecule has 13 nitrogen and oxygen atoms in total. The van der Waals surface area contributed by atoms with Crippen molar-refractivity contribution in [2.45, 2.75) is 39.7 Å². The van der Waals surface area contributed by atoms with E-state index in [1.54, 1.807) is 18.6 Å². The molecule has 0 unspecified atom stereocenters. The van der Waals surface area contributed by atoms with Gasteiger partial charge in [0, 0.05) is 92.2 Å². The fourth-order valence-corrected chi connectivity index (χ4v) is 5.64. The summed E-state index contributed by atoms with van der Waals surface area (Å²) >= 11 is 0. The maximum Gasteiger partial charge on any atom is 0.255 e. The molecular weight excluding hydrogens is 608 g/mol. The van der Waals surface area contributed by atoms with E-state index in [0.29, 0.717) is 36.8 Å². The van der Waals surface area contributed by atoms with Gasteiger partial charge in [-0.2, -0.15) is 9.78 Å². The first kappa shape index (κ1) is 33.5. The van der Waals surface area contributed by atoms with Gasteiger partial charge in [-0.1, -0.05) is 26.8 Å². The van der Waals surface area contributed by atoms with Crippen molar-refractivity contribution < 1.29 is 14.3 Å². The lowest BCUT2D eigenvalue weighted by Crippen LogP contribution is -2.39. The fraction of sp³-hybridized carbons (Fsp3) is 0.457. The van der Waals surface area contributed by atoms with Crippen LogP contribution in [-0.2, 0) is 21.4 Å². The van der Waals surface area contributed by atoms with E-state index in [2.05, 4.69) is 67.5 Å². The smallest absolute Gasteiger partial charge is 0.255 e. The van der Waals surface area contributed by atoms with Crippen molar-refractivity contribution in [3.05, 3.63) is 77.5 Å². The first-order valence-electron chi connectivity index (χ1n) is 16.6. The zero-order valence-corrected chi connectivity index (χ0v) is 28.3. The fourth-order valence-electron chi connectivity index (χ4n) is 5.64. The summed E-state index contributed by atoms with van der Waals surface area (Å²) in [5, 5.41) is 15.1. The quantitative estimate of drug-likeness (QED) is 0.215. The monoisotopic (exact) mass is 654 g/mol. The summed E-state index contributed by atoms with van der Waals surface area (Å²) in [5.41, 5.74) is 4.71. The molecule has 0 radical (unpaired) electrons. The minimum absolute atomic E-state index is 0.162. The third-order valence-electron chi connectivity index (χ3n) is 8.51. The molecule has 48 heavy (non-hydrogen) atoms. The number of pyridine rings is 1. The molecule has 0 aliphatic carbocycles. The van der Waals surface area contributed by atoms with E-state index in [1.165, 1.54) is 0 Å². The Morgan fingerprint density at radius 1 is 0.896 bits per heavy atom. The number of morpholine rings is 2. The Kier molecular flexibility index (Phi) is 10.6. The van der Waals surface area contributed by atoms with Crippen molar-refractivity contribution in [2.75, 3.05) is 81.6 Å². The first-order valence-corrected chi connectivity index (χ1v) is 16.6. The number of carbonyl (C=O) groups excluding carboxylic acids is 1. The Balaban J connectivity index is 1.22. The average Bonchev–Trinajstić information content (AvgIpc) is 3.48. The van der Waals surface area contributed by atoms with Crippen LogP contribution in [0.1, 0.15) is 48.1 Å². The Labute approximate surface area is 282 Å². The minimum Gasteiger partial charge on any atom is -0.379 e. The SMILES string of the molecule is Cc1ccc(NC(=O)c2ccnc(C(C)(C)C)c2)cc1Nc1cc(CN2CCOCC2)nn1-c1cc(NCCN2CCOCC2)ncn1. The normalized spacial score (nSPS) is 16.1. The van der Waals surface area contributed by atoms with E-state index in [9.17, 15) is 4.79 Å². The summed E-state index contributed by atoms with van der Waals surface area (Å²) < 4.78 is 12.8. The molecule has 13 heteroatoms. The molecule has 3 aromatic heterocycles. The van der Waals surface area contributed by atoms with Crippen LogP contribution < -0.4 is 16.0 Å². The molecule has 6 rings (SSSR count). The zero-order chi connectivity index (χ0) is 33.5. The van der Waals surface area contributed by atoms with Gasteiger partial charge in [0.05, 0.1) is 32.1 Å². The molecule has 0 bridgehead atoms. The lowest BCUT2D eigenvalue weighted by molar-refractivity contribution is 0.0336. The molecule has 5 heterocycles. The molecule has 2 saturated heterocycles. The number of carbonyl (C=O) groups is 1. The van der Waals surface area contributed by atoms with Crippen LogP contribution >= 0.6 is 0 Å². The third-order valence-corrected chi connectivity index (χ3v) is 8.51. The van der Waals surface area contributed by atoms with Gasteiger partial charge in [-0.05, 0) is 36.8 Å². The maximum atomic E-state index is 13.3. The highest BCUT2D eigenvalue weighted by Gasteiger charge is 2.20. The molecule has 2 aliphatic rings. The zero-order valence-electron chi connectivity index (χ0n) is 28.3. The van der Waals surface area contributed by atoms with E-state index in [4.69, 9.17) is 14.6 Å². The molecule has 2 aliphatic heterocycles. The summed E-state index contributed by atoms with van der Waals surface area (Å²) in [4.78, 5) is 31.5. The van der Waals surface area contributed by atoms with Crippen molar-refractivity contribution in [1.82, 2.24) is 34.5 Å². The van der Waals surface area contributed by atoms with Crippen molar-refractivity contribution in [3.8, 4) is 5.82 Å². The molecule has 1 amide bonds. The third kappa shape index (κ3) is 8.72. The molecule has 2 fully saturated rings. The molecule has 4 aromatic rings. The second-order valence-corrected chi connectivity index (χ2v) is 13.3.